The molecule has 0 amide bonds. The van der Waals surface area contributed by atoms with Gasteiger partial charge in [0.2, 0.25) is 0 Å². The lowest BCUT2D eigenvalue weighted by Crippen LogP contribution is -2.37. The van der Waals surface area contributed by atoms with E-state index in [0.29, 0.717) is 12.1 Å². The lowest BCUT2D eigenvalue weighted by Gasteiger charge is -2.17. The van der Waals surface area contributed by atoms with Crippen LogP contribution in [0.15, 0.2) is 0 Å². The van der Waals surface area contributed by atoms with Crippen molar-refractivity contribution in [3.05, 3.63) is 0 Å². The smallest absolute Gasteiger partial charge is 0.0757 e. The van der Waals surface area contributed by atoms with Crippen molar-refractivity contribution in [1.29, 1.82) is 0 Å². The Morgan fingerprint density at radius 1 is 1.38 bits per heavy atom. The molecule has 2 unspecified atom stereocenters. The van der Waals surface area contributed by atoms with Crippen molar-refractivity contribution in [3.63, 3.8) is 0 Å². The molecule has 0 aromatic carbocycles. The minimum absolute atomic E-state index is 0.485. The van der Waals surface area contributed by atoms with Crippen LogP contribution in [-0.4, -0.2) is 25.3 Å². The Bertz CT molecular complexity index is 224. The Morgan fingerprint density at radius 2 is 2.23 bits per heavy atom. The zero-order chi connectivity index (χ0) is 9.10. The van der Waals surface area contributed by atoms with Crippen LogP contribution in [0.25, 0.3) is 0 Å². The van der Waals surface area contributed by atoms with E-state index >= 15 is 0 Å². The maximum absolute atomic E-state index is 5.71. The van der Waals surface area contributed by atoms with Crippen molar-refractivity contribution in [2.75, 3.05) is 13.2 Å². The third kappa shape index (κ3) is 2.24. The molecule has 0 spiro atoms. The van der Waals surface area contributed by atoms with E-state index in [1.165, 1.54) is 12.8 Å². The maximum atomic E-state index is 5.71. The van der Waals surface area contributed by atoms with Gasteiger partial charge in [-0.05, 0) is 32.1 Å². The van der Waals surface area contributed by atoms with Gasteiger partial charge in [-0.15, -0.1) is 5.92 Å². The van der Waals surface area contributed by atoms with Crippen LogP contribution >= 0.6 is 0 Å². The van der Waals surface area contributed by atoms with Gasteiger partial charge in [-0.3, -0.25) is 0 Å². The third-order valence-corrected chi connectivity index (χ3v) is 2.85. The standard InChI is InChI=1S/C11H17NO/c1-2-3-7-12-10-6-8-13-11(10)9-4-5-9/h9-12H,4-8H2,1H3. The summed E-state index contributed by atoms with van der Waals surface area (Å²) in [7, 11) is 0. The van der Waals surface area contributed by atoms with Gasteiger partial charge < -0.3 is 10.1 Å². The maximum Gasteiger partial charge on any atom is 0.0757 e. The van der Waals surface area contributed by atoms with E-state index in [-0.39, 0.29) is 0 Å². The molecule has 0 radical (unpaired) electrons. The number of rotatable bonds is 3. The van der Waals surface area contributed by atoms with Crippen LogP contribution in [0.1, 0.15) is 26.2 Å². The highest BCUT2D eigenvalue weighted by atomic mass is 16.5. The van der Waals surface area contributed by atoms with E-state index in [0.717, 1.165) is 25.5 Å². The largest absolute Gasteiger partial charge is 0.376 e. The Hall–Kier alpha value is -0.520. The van der Waals surface area contributed by atoms with Gasteiger partial charge in [0.15, 0.2) is 0 Å². The topological polar surface area (TPSA) is 21.3 Å². The molecule has 2 heteroatoms. The molecule has 13 heavy (non-hydrogen) atoms. The molecule has 0 aromatic rings. The number of hydrogen-bond donors (Lipinski definition) is 1. The summed E-state index contributed by atoms with van der Waals surface area (Å²) in [6.45, 7) is 3.62. The summed E-state index contributed by atoms with van der Waals surface area (Å²) in [5, 5.41) is 3.46. The molecule has 1 saturated carbocycles. The molecule has 1 heterocycles. The first-order valence-corrected chi connectivity index (χ1v) is 5.16. The molecule has 2 fully saturated rings. The monoisotopic (exact) mass is 179 g/mol. The summed E-state index contributed by atoms with van der Waals surface area (Å²) in [5.41, 5.74) is 0. The molecule has 1 aliphatic heterocycles. The van der Waals surface area contributed by atoms with Gasteiger partial charge >= 0.3 is 0 Å². The fourth-order valence-corrected chi connectivity index (χ4v) is 1.99. The van der Waals surface area contributed by atoms with Gasteiger partial charge in [0.05, 0.1) is 12.6 Å². The Morgan fingerprint density at radius 3 is 2.92 bits per heavy atom. The van der Waals surface area contributed by atoms with Crippen LogP contribution in [0.5, 0.6) is 0 Å². The van der Waals surface area contributed by atoms with Crippen molar-refractivity contribution < 1.29 is 4.74 Å². The summed E-state index contributed by atoms with van der Waals surface area (Å²) in [4.78, 5) is 0. The molecule has 0 bridgehead atoms. The second-order valence-electron chi connectivity index (χ2n) is 3.88. The first-order chi connectivity index (χ1) is 6.42. The van der Waals surface area contributed by atoms with Crippen LogP contribution in [-0.2, 0) is 4.74 Å². The van der Waals surface area contributed by atoms with Gasteiger partial charge in [0.1, 0.15) is 0 Å². The van der Waals surface area contributed by atoms with E-state index in [1.54, 1.807) is 0 Å². The Labute approximate surface area is 80.0 Å². The van der Waals surface area contributed by atoms with Gasteiger partial charge in [-0.2, -0.15) is 0 Å². The lowest BCUT2D eigenvalue weighted by atomic mass is 10.1. The van der Waals surface area contributed by atoms with Crippen molar-refractivity contribution in [1.82, 2.24) is 5.32 Å². The fraction of sp³-hybridized carbons (Fsp3) is 0.818. The number of nitrogens with one attached hydrogen (secondary N) is 1. The van der Waals surface area contributed by atoms with E-state index in [2.05, 4.69) is 17.2 Å². The molecule has 2 atom stereocenters. The predicted octanol–water partition coefficient (Wildman–Crippen LogP) is 1.17. The van der Waals surface area contributed by atoms with Crippen molar-refractivity contribution >= 4 is 0 Å². The van der Waals surface area contributed by atoms with Crippen molar-refractivity contribution in [3.8, 4) is 11.8 Å². The minimum atomic E-state index is 0.485. The molecule has 2 aliphatic rings. The molecule has 72 valence electrons. The van der Waals surface area contributed by atoms with Crippen LogP contribution in [0, 0.1) is 17.8 Å². The summed E-state index contributed by atoms with van der Waals surface area (Å²) in [6.07, 6.45) is 4.37. The summed E-state index contributed by atoms with van der Waals surface area (Å²) >= 11 is 0. The summed E-state index contributed by atoms with van der Waals surface area (Å²) in [6, 6.07) is 0.563. The van der Waals surface area contributed by atoms with Crippen LogP contribution in [0.2, 0.25) is 0 Å². The van der Waals surface area contributed by atoms with E-state index < -0.39 is 0 Å². The highest BCUT2D eigenvalue weighted by Gasteiger charge is 2.40. The van der Waals surface area contributed by atoms with Gasteiger partial charge in [-0.25, -0.2) is 0 Å². The van der Waals surface area contributed by atoms with E-state index in [1.807, 2.05) is 6.92 Å². The number of hydrogen-bond acceptors (Lipinski definition) is 2. The molecule has 2 rings (SSSR count). The molecular weight excluding hydrogens is 162 g/mol. The molecule has 1 aliphatic carbocycles. The average molecular weight is 179 g/mol. The van der Waals surface area contributed by atoms with Crippen molar-refractivity contribution in [2.24, 2.45) is 5.92 Å². The average Bonchev–Trinajstić information content (AvgIpc) is 2.88. The van der Waals surface area contributed by atoms with Crippen molar-refractivity contribution in [2.45, 2.75) is 38.3 Å². The van der Waals surface area contributed by atoms with Gasteiger partial charge in [0, 0.05) is 12.6 Å². The summed E-state index contributed by atoms with van der Waals surface area (Å²) < 4.78 is 5.71. The first-order valence-electron chi connectivity index (χ1n) is 5.16. The Balaban J connectivity index is 1.78. The SMILES string of the molecule is CC#CCNC1CCOC1C1CC1. The zero-order valence-corrected chi connectivity index (χ0v) is 8.18. The van der Waals surface area contributed by atoms with Gasteiger partial charge in [-0.1, -0.05) is 5.92 Å². The normalized spacial score (nSPS) is 32.7. The molecule has 1 N–H and O–H groups in total. The second-order valence-corrected chi connectivity index (χ2v) is 3.88. The number of ether oxygens (including phenoxy) is 1. The zero-order valence-electron chi connectivity index (χ0n) is 8.18. The van der Waals surface area contributed by atoms with Crippen LogP contribution in [0.4, 0.5) is 0 Å². The third-order valence-electron chi connectivity index (χ3n) is 2.85. The lowest BCUT2D eigenvalue weighted by molar-refractivity contribution is 0.0819. The molecule has 2 nitrogen and oxygen atoms in total. The molecule has 1 saturated heterocycles. The van der Waals surface area contributed by atoms with E-state index in [9.17, 15) is 0 Å². The second kappa shape index (κ2) is 4.13. The fourth-order valence-electron chi connectivity index (χ4n) is 1.99. The predicted molar refractivity (Wildman–Crippen MR) is 52.3 cm³/mol. The van der Waals surface area contributed by atoms with Gasteiger partial charge in [0.25, 0.3) is 0 Å². The van der Waals surface area contributed by atoms with Crippen LogP contribution in [0.3, 0.4) is 0 Å². The first kappa shape index (κ1) is 9.05. The van der Waals surface area contributed by atoms with E-state index in [4.69, 9.17) is 4.74 Å². The summed E-state index contributed by atoms with van der Waals surface area (Å²) in [5.74, 6) is 6.78. The minimum Gasteiger partial charge on any atom is -0.376 e. The quantitative estimate of drug-likeness (QED) is 0.657. The molecular formula is C11H17NO. The van der Waals surface area contributed by atoms with Crippen LogP contribution < -0.4 is 5.32 Å². The highest BCUT2D eigenvalue weighted by molar-refractivity contribution is 5.00. The molecule has 0 aromatic heterocycles. The Kier molecular flexibility index (Phi) is 2.87. The highest BCUT2D eigenvalue weighted by Crippen LogP contribution is 2.38.